The number of amides is 3. The average Bonchev–Trinajstić information content (AvgIpc) is 3.43. The molecule has 1 N–H and O–H groups in total. The van der Waals surface area contributed by atoms with Gasteiger partial charge in [-0.2, -0.15) is 0 Å². The van der Waals surface area contributed by atoms with Gasteiger partial charge in [-0.15, -0.1) is 11.3 Å². The molecule has 1 spiro atoms. The molecule has 1 aliphatic heterocycles. The Hall–Kier alpha value is -2.54. The summed E-state index contributed by atoms with van der Waals surface area (Å²) < 4.78 is 0. The first-order valence-electron chi connectivity index (χ1n) is 10.2. The Balaban J connectivity index is 1.21. The van der Waals surface area contributed by atoms with Gasteiger partial charge in [0.15, 0.2) is 0 Å². The van der Waals surface area contributed by atoms with Gasteiger partial charge in [0.05, 0.1) is 16.1 Å². The van der Waals surface area contributed by atoms with Crippen LogP contribution in [-0.2, 0) is 20.8 Å². The van der Waals surface area contributed by atoms with E-state index in [4.69, 9.17) is 0 Å². The average molecular weight is 412 g/mol. The fourth-order valence-electron chi connectivity index (χ4n) is 4.31. The van der Waals surface area contributed by atoms with Crippen molar-refractivity contribution in [2.45, 2.75) is 44.9 Å². The molecule has 7 heteroatoms. The molecule has 0 radical (unpaired) electrons. The Labute approximate surface area is 174 Å². The maximum Gasteiger partial charge on any atom is 0.235 e. The lowest BCUT2D eigenvalue weighted by Gasteiger charge is -2.20. The maximum atomic E-state index is 12.6. The number of imide groups is 1. The van der Waals surface area contributed by atoms with E-state index in [0.717, 1.165) is 41.9 Å². The first kappa shape index (κ1) is 19.8. The molecule has 6 nitrogen and oxygen atoms in total. The molecule has 0 unspecified atom stereocenters. The molecule has 0 bridgehead atoms. The highest BCUT2D eigenvalue weighted by molar-refractivity contribution is 7.09. The third-order valence-corrected chi connectivity index (χ3v) is 6.80. The topological polar surface area (TPSA) is 79.4 Å². The highest BCUT2D eigenvalue weighted by Crippen LogP contribution is 2.46. The van der Waals surface area contributed by atoms with E-state index >= 15 is 0 Å². The summed E-state index contributed by atoms with van der Waals surface area (Å²) in [6, 6.07) is 10.00. The van der Waals surface area contributed by atoms with Gasteiger partial charge in [-0.25, -0.2) is 4.98 Å². The van der Waals surface area contributed by atoms with Gasteiger partial charge in [-0.05, 0) is 12.8 Å². The number of rotatable bonds is 7. The molecule has 29 heavy (non-hydrogen) atoms. The van der Waals surface area contributed by atoms with Crippen LogP contribution in [0, 0.1) is 5.41 Å². The van der Waals surface area contributed by atoms with Gasteiger partial charge < -0.3 is 5.32 Å². The lowest BCUT2D eigenvalue weighted by molar-refractivity contribution is -0.141. The minimum Gasteiger partial charge on any atom is -0.356 e. The summed E-state index contributed by atoms with van der Waals surface area (Å²) in [5, 5.41) is 5.87. The molecule has 1 aromatic carbocycles. The fraction of sp³-hybridized carbons (Fsp3) is 0.455. The summed E-state index contributed by atoms with van der Waals surface area (Å²) in [6.45, 7) is 0.674. The number of carbonyl (C=O) groups is 3. The van der Waals surface area contributed by atoms with Crippen molar-refractivity contribution >= 4 is 29.1 Å². The lowest BCUT2D eigenvalue weighted by atomic mass is 9.84. The number of hydrogen-bond donors (Lipinski definition) is 1. The van der Waals surface area contributed by atoms with Crippen molar-refractivity contribution < 1.29 is 14.4 Å². The zero-order valence-corrected chi connectivity index (χ0v) is 17.2. The fourth-order valence-corrected chi connectivity index (χ4v) is 5.11. The molecule has 1 aromatic heterocycles. The second-order valence-corrected chi connectivity index (χ2v) is 8.80. The highest BCUT2D eigenvalue weighted by Gasteiger charge is 2.52. The largest absolute Gasteiger partial charge is 0.356 e. The number of carbonyl (C=O) groups excluding carboxylic acids is 3. The van der Waals surface area contributed by atoms with Crippen molar-refractivity contribution in [2.24, 2.45) is 5.41 Å². The zero-order chi connectivity index (χ0) is 20.3. The van der Waals surface area contributed by atoms with E-state index < -0.39 is 5.41 Å². The van der Waals surface area contributed by atoms with Gasteiger partial charge in [-0.1, -0.05) is 43.2 Å². The number of hydrogen-bond acceptors (Lipinski definition) is 5. The molecule has 1 saturated carbocycles. The Morgan fingerprint density at radius 3 is 2.69 bits per heavy atom. The van der Waals surface area contributed by atoms with Gasteiger partial charge in [0, 0.05) is 43.3 Å². The number of nitrogens with zero attached hydrogens (tertiary/aromatic N) is 2. The third kappa shape index (κ3) is 4.24. The van der Waals surface area contributed by atoms with E-state index in [1.165, 1.54) is 4.90 Å². The number of aromatic nitrogens is 1. The zero-order valence-electron chi connectivity index (χ0n) is 16.4. The van der Waals surface area contributed by atoms with Gasteiger partial charge >= 0.3 is 0 Å². The first-order chi connectivity index (χ1) is 14.1. The third-order valence-electron chi connectivity index (χ3n) is 5.89. The quantitative estimate of drug-likeness (QED) is 0.710. The molecular formula is C22H25N3O3S. The Morgan fingerprint density at radius 1 is 1.17 bits per heavy atom. The van der Waals surface area contributed by atoms with Crippen LogP contribution in [0.3, 0.4) is 0 Å². The summed E-state index contributed by atoms with van der Waals surface area (Å²) in [5.74, 6) is -0.331. The van der Waals surface area contributed by atoms with E-state index in [-0.39, 0.29) is 30.7 Å². The van der Waals surface area contributed by atoms with Gasteiger partial charge in [0.25, 0.3) is 0 Å². The molecule has 2 aliphatic rings. The number of benzene rings is 1. The molecule has 4 rings (SSSR count). The van der Waals surface area contributed by atoms with Crippen LogP contribution in [0.15, 0.2) is 35.7 Å². The van der Waals surface area contributed by atoms with Crippen molar-refractivity contribution in [3.05, 3.63) is 40.7 Å². The van der Waals surface area contributed by atoms with Crippen LogP contribution in [-0.4, -0.2) is 40.7 Å². The SMILES string of the molecule is O=C(CCN1C(=O)CC2(CCCC2)C1=O)NCCc1nc(-c2ccccc2)cs1. The summed E-state index contributed by atoms with van der Waals surface area (Å²) >= 11 is 1.58. The van der Waals surface area contributed by atoms with E-state index in [9.17, 15) is 14.4 Å². The minimum absolute atomic E-state index is 0.0657. The van der Waals surface area contributed by atoms with Crippen LogP contribution in [0.4, 0.5) is 0 Å². The lowest BCUT2D eigenvalue weighted by Crippen LogP contribution is -2.37. The van der Waals surface area contributed by atoms with Crippen molar-refractivity contribution in [1.29, 1.82) is 0 Å². The Morgan fingerprint density at radius 2 is 1.93 bits per heavy atom. The standard InChI is InChI=1S/C22H25N3O3S/c26-18(9-13-25-20(27)14-22(21(25)28)10-4-5-11-22)23-12-8-19-24-17(15-29-19)16-6-2-1-3-7-16/h1-3,6-7,15H,4-5,8-14H2,(H,23,26). The molecule has 2 heterocycles. The molecular weight excluding hydrogens is 386 g/mol. The van der Waals surface area contributed by atoms with Crippen LogP contribution in [0.5, 0.6) is 0 Å². The summed E-state index contributed by atoms with van der Waals surface area (Å²) in [7, 11) is 0. The predicted molar refractivity (Wildman–Crippen MR) is 111 cm³/mol. The predicted octanol–water partition coefficient (Wildman–Crippen LogP) is 3.18. The van der Waals surface area contributed by atoms with E-state index in [0.29, 0.717) is 19.4 Å². The van der Waals surface area contributed by atoms with Crippen LogP contribution < -0.4 is 5.32 Å². The first-order valence-corrected chi connectivity index (χ1v) is 11.1. The highest BCUT2D eigenvalue weighted by atomic mass is 32.1. The normalized spacial score (nSPS) is 18.0. The number of likely N-dealkylation sites (tertiary alicyclic amines) is 1. The van der Waals surface area contributed by atoms with Gasteiger partial charge in [0.1, 0.15) is 0 Å². The summed E-state index contributed by atoms with van der Waals surface area (Å²) in [4.78, 5) is 43.0. The summed E-state index contributed by atoms with van der Waals surface area (Å²) in [6.07, 6.45) is 4.76. The van der Waals surface area contributed by atoms with Crippen LogP contribution >= 0.6 is 11.3 Å². The molecule has 0 atom stereocenters. The molecule has 152 valence electrons. The number of nitrogens with one attached hydrogen (secondary N) is 1. The van der Waals surface area contributed by atoms with Crippen LogP contribution in [0.2, 0.25) is 0 Å². The van der Waals surface area contributed by atoms with Gasteiger partial charge in [0.2, 0.25) is 17.7 Å². The molecule has 1 saturated heterocycles. The van der Waals surface area contributed by atoms with Crippen LogP contribution in [0.1, 0.15) is 43.5 Å². The Bertz CT molecular complexity index is 903. The van der Waals surface area contributed by atoms with E-state index in [1.807, 2.05) is 35.7 Å². The molecule has 3 amide bonds. The van der Waals surface area contributed by atoms with Crippen molar-refractivity contribution in [3.63, 3.8) is 0 Å². The maximum absolute atomic E-state index is 12.6. The monoisotopic (exact) mass is 411 g/mol. The minimum atomic E-state index is -0.463. The summed E-state index contributed by atoms with van der Waals surface area (Å²) in [5.41, 5.74) is 1.57. The second kappa shape index (κ2) is 8.45. The van der Waals surface area contributed by atoms with Gasteiger partial charge in [-0.3, -0.25) is 19.3 Å². The molecule has 2 aromatic rings. The smallest absolute Gasteiger partial charge is 0.235 e. The van der Waals surface area contributed by atoms with Crippen LogP contribution in [0.25, 0.3) is 11.3 Å². The molecule has 1 aliphatic carbocycles. The van der Waals surface area contributed by atoms with E-state index in [2.05, 4.69) is 10.3 Å². The molecule has 2 fully saturated rings. The number of thiazole rings is 1. The van der Waals surface area contributed by atoms with E-state index in [1.54, 1.807) is 11.3 Å². The van der Waals surface area contributed by atoms with Crippen molar-refractivity contribution in [1.82, 2.24) is 15.2 Å². The van der Waals surface area contributed by atoms with Crippen molar-refractivity contribution in [3.8, 4) is 11.3 Å². The Kier molecular flexibility index (Phi) is 5.76. The van der Waals surface area contributed by atoms with Crippen molar-refractivity contribution in [2.75, 3.05) is 13.1 Å². The second-order valence-electron chi connectivity index (χ2n) is 7.86.